The minimum atomic E-state index is -0.114. The smallest absolute Gasteiger partial charge is 0.235 e. The largest absolute Gasteiger partial charge is 0.310 e. The number of thioether (sulfide) groups is 1. The molecule has 0 aliphatic carbocycles. The quantitative estimate of drug-likeness (QED) is 0.409. The Kier molecular flexibility index (Phi) is 4.90. The molecule has 1 N–H and O–H groups in total. The van der Waals surface area contributed by atoms with Crippen molar-refractivity contribution in [2.45, 2.75) is 5.03 Å². The van der Waals surface area contributed by atoms with Crippen molar-refractivity contribution in [3.05, 3.63) is 66.4 Å². The zero-order chi connectivity index (χ0) is 17.8. The van der Waals surface area contributed by atoms with E-state index in [1.807, 2.05) is 30.3 Å². The Bertz CT molecular complexity index is 1040. The van der Waals surface area contributed by atoms with Gasteiger partial charge < -0.3 is 5.32 Å². The molecule has 0 fully saturated rings. The van der Waals surface area contributed by atoms with Gasteiger partial charge in [-0.3, -0.25) is 4.79 Å². The van der Waals surface area contributed by atoms with E-state index in [4.69, 9.17) is 0 Å². The Morgan fingerprint density at radius 3 is 2.69 bits per heavy atom. The molecule has 0 radical (unpaired) electrons. The molecular weight excluding hydrogens is 364 g/mol. The van der Waals surface area contributed by atoms with Gasteiger partial charge >= 0.3 is 0 Å². The highest BCUT2D eigenvalue weighted by Gasteiger charge is 2.14. The number of amides is 1. The number of nitrogens with one attached hydrogen (secondary N) is 1. The van der Waals surface area contributed by atoms with E-state index in [1.54, 1.807) is 29.9 Å². The Hall–Kier alpha value is -2.77. The van der Waals surface area contributed by atoms with E-state index in [0.29, 0.717) is 5.82 Å². The van der Waals surface area contributed by atoms with Crippen molar-refractivity contribution in [3.63, 3.8) is 0 Å². The van der Waals surface area contributed by atoms with Crippen LogP contribution in [0.25, 0.3) is 21.3 Å². The number of carbonyl (C=O) groups is 1. The van der Waals surface area contributed by atoms with Gasteiger partial charge in [-0.05, 0) is 17.7 Å². The number of rotatable bonds is 5. The third kappa shape index (κ3) is 3.58. The molecule has 0 bridgehead atoms. The van der Waals surface area contributed by atoms with Crippen LogP contribution in [0.2, 0.25) is 0 Å². The molecule has 7 heteroatoms. The second kappa shape index (κ2) is 7.63. The van der Waals surface area contributed by atoms with Crippen LogP contribution in [0, 0.1) is 0 Å². The van der Waals surface area contributed by atoms with E-state index >= 15 is 0 Å². The van der Waals surface area contributed by atoms with Crippen LogP contribution in [0.15, 0.2) is 71.5 Å². The highest BCUT2D eigenvalue weighted by Crippen LogP contribution is 2.37. The number of hydrogen-bond acceptors (Lipinski definition) is 6. The molecule has 0 spiro atoms. The molecule has 4 aromatic rings. The first-order valence-electron chi connectivity index (χ1n) is 7.92. The normalized spacial score (nSPS) is 10.8. The fourth-order valence-corrected chi connectivity index (χ4v) is 4.33. The van der Waals surface area contributed by atoms with Crippen molar-refractivity contribution >= 4 is 45.0 Å². The lowest BCUT2D eigenvalue weighted by Gasteiger charge is -2.06. The van der Waals surface area contributed by atoms with Gasteiger partial charge in [0.1, 0.15) is 22.0 Å². The van der Waals surface area contributed by atoms with Crippen LogP contribution < -0.4 is 5.32 Å². The van der Waals surface area contributed by atoms with Gasteiger partial charge in [-0.25, -0.2) is 15.0 Å². The topological polar surface area (TPSA) is 67.8 Å². The van der Waals surface area contributed by atoms with Crippen LogP contribution in [-0.4, -0.2) is 26.6 Å². The van der Waals surface area contributed by atoms with Gasteiger partial charge in [0.15, 0.2) is 0 Å². The summed E-state index contributed by atoms with van der Waals surface area (Å²) in [5.74, 6) is 0.690. The summed E-state index contributed by atoms with van der Waals surface area (Å²) in [5.41, 5.74) is 2.21. The van der Waals surface area contributed by atoms with Crippen LogP contribution in [0.4, 0.5) is 5.82 Å². The molecule has 3 heterocycles. The molecule has 0 aliphatic rings. The van der Waals surface area contributed by atoms with Gasteiger partial charge in [0, 0.05) is 17.1 Å². The highest BCUT2D eigenvalue weighted by molar-refractivity contribution is 8.00. The Morgan fingerprint density at radius 1 is 1.04 bits per heavy atom. The molecule has 3 aromatic heterocycles. The second-order valence-corrected chi connectivity index (χ2v) is 7.25. The van der Waals surface area contributed by atoms with E-state index in [0.717, 1.165) is 26.4 Å². The van der Waals surface area contributed by atoms with Crippen LogP contribution >= 0.6 is 23.1 Å². The number of thiophene rings is 1. The average Bonchev–Trinajstić information content (AvgIpc) is 3.13. The van der Waals surface area contributed by atoms with Crippen molar-refractivity contribution in [2.75, 3.05) is 11.1 Å². The van der Waals surface area contributed by atoms with Crippen LogP contribution in [0.5, 0.6) is 0 Å². The zero-order valence-corrected chi connectivity index (χ0v) is 15.3. The fourth-order valence-electron chi connectivity index (χ4n) is 2.54. The van der Waals surface area contributed by atoms with E-state index in [2.05, 4.69) is 37.8 Å². The lowest BCUT2D eigenvalue weighted by atomic mass is 10.1. The summed E-state index contributed by atoms with van der Waals surface area (Å²) in [4.78, 5) is 26.0. The first-order valence-corrected chi connectivity index (χ1v) is 9.79. The van der Waals surface area contributed by atoms with Gasteiger partial charge in [-0.2, -0.15) is 0 Å². The van der Waals surface area contributed by atoms with Crippen LogP contribution in [0.1, 0.15) is 0 Å². The molecule has 0 atom stereocenters. The number of carbonyl (C=O) groups excluding carboxylic acids is 1. The van der Waals surface area contributed by atoms with Crippen molar-refractivity contribution in [3.8, 4) is 11.1 Å². The van der Waals surface area contributed by atoms with Gasteiger partial charge in [0.25, 0.3) is 0 Å². The number of benzene rings is 1. The zero-order valence-electron chi connectivity index (χ0n) is 13.6. The summed E-state index contributed by atoms with van der Waals surface area (Å²) < 4.78 is 0. The van der Waals surface area contributed by atoms with Gasteiger partial charge in [-0.15, -0.1) is 11.3 Å². The lowest BCUT2D eigenvalue weighted by Crippen LogP contribution is -2.14. The van der Waals surface area contributed by atoms with E-state index in [1.165, 1.54) is 11.8 Å². The third-order valence-electron chi connectivity index (χ3n) is 3.69. The standard InChI is InChI=1S/C19H14N4OS2/c24-16(23-15-8-4-5-9-20-15)11-26-19-17-14(13-6-2-1-3-7-13)10-25-18(17)21-12-22-19/h1-10,12H,11H2,(H,20,23,24). The fraction of sp³-hybridized carbons (Fsp3) is 0.0526. The molecule has 1 amide bonds. The van der Waals surface area contributed by atoms with Crippen molar-refractivity contribution in [1.29, 1.82) is 0 Å². The predicted octanol–water partition coefficient (Wildman–Crippen LogP) is 4.48. The van der Waals surface area contributed by atoms with Gasteiger partial charge in [0.05, 0.1) is 11.1 Å². The molecule has 1 aromatic carbocycles. The molecule has 26 heavy (non-hydrogen) atoms. The Labute approximate surface area is 158 Å². The SMILES string of the molecule is O=C(CSc1ncnc2scc(-c3ccccc3)c12)Nc1ccccn1. The van der Waals surface area contributed by atoms with E-state index < -0.39 is 0 Å². The predicted molar refractivity (Wildman–Crippen MR) is 106 cm³/mol. The summed E-state index contributed by atoms with van der Waals surface area (Å²) in [6.45, 7) is 0. The molecule has 0 saturated carbocycles. The first kappa shape index (κ1) is 16.7. The van der Waals surface area contributed by atoms with E-state index in [9.17, 15) is 4.79 Å². The molecule has 0 unspecified atom stereocenters. The van der Waals surface area contributed by atoms with Gasteiger partial charge in [-0.1, -0.05) is 48.2 Å². The Balaban J connectivity index is 1.57. The summed E-state index contributed by atoms with van der Waals surface area (Å²) >= 11 is 2.99. The van der Waals surface area contributed by atoms with Crippen molar-refractivity contribution < 1.29 is 4.79 Å². The molecule has 5 nitrogen and oxygen atoms in total. The van der Waals surface area contributed by atoms with E-state index in [-0.39, 0.29) is 11.7 Å². The lowest BCUT2D eigenvalue weighted by molar-refractivity contribution is -0.113. The Morgan fingerprint density at radius 2 is 1.88 bits per heavy atom. The maximum atomic E-state index is 12.2. The number of fused-ring (bicyclic) bond motifs is 1. The third-order valence-corrected chi connectivity index (χ3v) is 5.57. The van der Waals surface area contributed by atoms with Crippen molar-refractivity contribution in [2.24, 2.45) is 0 Å². The molecule has 128 valence electrons. The second-order valence-electron chi connectivity index (χ2n) is 5.43. The average molecular weight is 378 g/mol. The van der Waals surface area contributed by atoms with Crippen LogP contribution in [-0.2, 0) is 4.79 Å². The first-order chi connectivity index (χ1) is 12.8. The monoisotopic (exact) mass is 378 g/mol. The maximum Gasteiger partial charge on any atom is 0.235 e. The summed E-state index contributed by atoms with van der Waals surface area (Å²) in [6, 6.07) is 15.5. The number of aromatic nitrogens is 3. The molecule has 0 aliphatic heterocycles. The van der Waals surface area contributed by atoms with Gasteiger partial charge in [0.2, 0.25) is 5.91 Å². The van der Waals surface area contributed by atoms with Crippen molar-refractivity contribution in [1.82, 2.24) is 15.0 Å². The molecule has 4 rings (SSSR count). The minimum absolute atomic E-state index is 0.114. The maximum absolute atomic E-state index is 12.2. The number of nitrogens with zero attached hydrogens (tertiary/aromatic N) is 3. The number of anilines is 1. The van der Waals surface area contributed by atoms with Crippen LogP contribution in [0.3, 0.4) is 0 Å². The summed E-state index contributed by atoms with van der Waals surface area (Å²) in [6.07, 6.45) is 3.20. The summed E-state index contributed by atoms with van der Waals surface area (Å²) in [7, 11) is 0. The number of hydrogen-bond donors (Lipinski definition) is 1. The number of pyridine rings is 1. The minimum Gasteiger partial charge on any atom is -0.310 e. The highest BCUT2D eigenvalue weighted by atomic mass is 32.2. The molecular formula is C19H14N4OS2. The summed E-state index contributed by atoms with van der Waals surface area (Å²) in [5, 5.41) is 6.69. The molecule has 0 saturated heterocycles.